The van der Waals surface area contributed by atoms with E-state index in [1.54, 1.807) is 24.3 Å². The van der Waals surface area contributed by atoms with Gasteiger partial charge >= 0.3 is 0 Å². The van der Waals surface area contributed by atoms with Gasteiger partial charge in [-0.15, -0.1) is 0 Å². The van der Waals surface area contributed by atoms with Crippen LogP contribution in [0.4, 0.5) is 5.69 Å². The molecule has 1 heterocycles. The summed E-state index contributed by atoms with van der Waals surface area (Å²) in [6.45, 7) is 5.25. The Balaban J connectivity index is 2.06. The summed E-state index contributed by atoms with van der Waals surface area (Å²) in [5, 5.41) is 3.42. The molecule has 2 rings (SSSR count). The van der Waals surface area contributed by atoms with E-state index in [9.17, 15) is 13.2 Å². The molecule has 1 aliphatic heterocycles. The third-order valence-electron chi connectivity index (χ3n) is 4.59. The van der Waals surface area contributed by atoms with Gasteiger partial charge in [0.05, 0.1) is 11.9 Å². The smallest absolute Gasteiger partial charge is 0.243 e. The average molecular weight is 402 g/mol. The maximum atomic E-state index is 12.7. The number of hydrogen-bond acceptors (Lipinski definition) is 4. The van der Waals surface area contributed by atoms with Crippen molar-refractivity contribution in [3.8, 4) is 0 Å². The molecule has 0 saturated carbocycles. The monoisotopic (exact) mass is 401 g/mol. The fourth-order valence-corrected chi connectivity index (χ4v) is 4.62. The van der Waals surface area contributed by atoms with E-state index in [2.05, 4.69) is 10.2 Å². The Morgan fingerprint density at radius 2 is 1.85 bits per heavy atom. The third-order valence-corrected chi connectivity index (χ3v) is 6.02. The van der Waals surface area contributed by atoms with Gasteiger partial charge in [-0.3, -0.25) is 9.10 Å². The summed E-state index contributed by atoms with van der Waals surface area (Å²) >= 11 is 5.90. The number of benzene rings is 1. The lowest BCUT2D eigenvalue weighted by Crippen LogP contribution is -2.50. The first-order valence-electron chi connectivity index (χ1n) is 9.08. The fraction of sp³-hybridized carbons (Fsp3) is 0.611. The van der Waals surface area contributed by atoms with Crippen molar-refractivity contribution in [2.75, 3.05) is 36.7 Å². The summed E-state index contributed by atoms with van der Waals surface area (Å²) in [5.41, 5.74) is 0.440. The summed E-state index contributed by atoms with van der Waals surface area (Å²) in [6, 6.07) is 5.69. The van der Waals surface area contributed by atoms with E-state index in [0.29, 0.717) is 23.7 Å². The van der Waals surface area contributed by atoms with Gasteiger partial charge in [-0.05, 0) is 56.6 Å². The molecule has 1 saturated heterocycles. The van der Waals surface area contributed by atoms with Crippen molar-refractivity contribution in [1.82, 2.24) is 10.2 Å². The van der Waals surface area contributed by atoms with Crippen LogP contribution in [0.2, 0.25) is 5.02 Å². The number of carbonyl (C=O) groups is 1. The summed E-state index contributed by atoms with van der Waals surface area (Å²) < 4.78 is 25.9. The van der Waals surface area contributed by atoms with Crippen LogP contribution in [-0.4, -0.2) is 57.7 Å². The molecule has 0 aromatic heterocycles. The van der Waals surface area contributed by atoms with E-state index in [0.717, 1.165) is 25.9 Å². The Morgan fingerprint density at radius 1 is 1.23 bits per heavy atom. The number of anilines is 1. The highest BCUT2D eigenvalue weighted by atomic mass is 35.5. The van der Waals surface area contributed by atoms with Crippen LogP contribution in [0.1, 0.15) is 32.6 Å². The van der Waals surface area contributed by atoms with Gasteiger partial charge in [-0.25, -0.2) is 8.42 Å². The quantitative estimate of drug-likeness (QED) is 0.726. The number of halogens is 1. The number of amides is 1. The van der Waals surface area contributed by atoms with Crippen molar-refractivity contribution >= 4 is 33.2 Å². The maximum Gasteiger partial charge on any atom is 0.243 e. The van der Waals surface area contributed by atoms with Crippen molar-refractivity contribution in [2.24, 2.45) is 0 Å². The molecule has 0 radical (unpaired) electrons. The Morgan fingerprint density at radius 3 is 2.38 bits per heavy atom. The zero-order valence-corrected chi connectivity index (χ0v) is 17.0. The van der Waals surface area contributed by atoms with Crippen LogP contribution in [0.25, 0.3) is 0 Å². The number of nitrogens with zero attached hydrogens (tertiary/aromatic N) is 2. The van der Waals surface area contributed by atoms with E-state index in [1.165, 1.54) is 23.6 Å². The molecule has 26 heavy (non-hydrogen) atoms. The number of nitrogens with one attached hydrogen (secondary N) is 1. The van der Waals surface area contributed by atoms with Crippen molar-refractivity contribution < 1.29 is 13.2 Å². The molecule has 0 bridgehead atoms. The molecular weight excluding hydrogens is 374 g/mol. The average Bonchev–Trinajstić information content (AvgIpc) is 2.60. The molecular formula is C18H28ClN3O3S. The molecule has 1 fully saturated rings. The van der Waals surface area contributed by atoms with Gasteiger partial charge in [0, 0.05) is 18.1 Å². The van der Waals surface area contributed by atoms with Gasteiger partial charge in [0.15, 0.2) is 0 Å². The minimum atomic E-state index is -3.61. The highest BCUT2D eigenvalue weighted by molar-refractivity contribution is 7.92. The van der Waals surface area contributed by atoms with E-state index < -0.39 is 16.1 Å². The first kappa shape index (κ1) is 21.0. The normalized spacial score (nSPS) is 16.9. The molecule has 1 aliphatic rings. The van der Waals surface area contributed by atoms with Crippen molar-refractivity contribution in [1.29, 1.82) is 0 Å². The second-order valence-electron chi connectivity index (χ2n) is 6.65. The van der Waals surface area contributed by atoms with E-state index in [4.69, 9.17) is 11.6 Å². The second-order valence-corrected chi connectivity index (χ2v) is 8.95. The van der Waals surface area contributed by atoms with Crippen LogP contribution in [0.5, 0.6) is 0 Å². The Kier molecular flexibility index (Phi) is 7.73. The Bertz CT molecular complexity index is 688. The van der Waals surface area contributed by atoms with Gasteiger partial charge < -0.3 is 10.2 Å². The molecule has 6 nitrogen and oxygen atoms in total. The number of rotatable bonds is 8. The Labute approximate surface area is 161 Å². The molecule has 1 N–H and O–H groups in total. The molecule has 1 aromatic rings. The van der Waals surface area contributed by atoms with Gasteiger partial charge in [0.25, 0.3) is 0 Å². The van der Waals surface area contributed by atoms with Crippen LogP contribution in [0.3, 0.4) is 0 Å². The highest BCUT2D eigenvalue weighted by Gasteiger charge is 2.31. The van der Waals surface area contributed by atoms with Gasteiger partial charge in [-0.1, -0.05) is 24.9 Å². The predicted octanol–water partition coefficient (Wildman–Crippen LogP) is 2.49. The molecule has 8 heteroatoms. The number of piperidine rings is 1. The Hall–Kier alpha value is -1.31. The van der Waals surface area contributed by atoms with Crippen LogP contribution < -0.4 is 9.62 Å². The highest BCUT2D eigenvalue weighted by Crippen LogP contribution is 2.24. The molecule has 0 spiro atoms. The number of likely N-dealkylation sites (tertiary alicyclic amines) is 1. The zero-order valence-electron chi connectivity index (χ0n) is 15.4. The lowest BCUT2D eigenvalue weighted by molar-refractivity contribution is -0.122. The number of sulfonamides is 1. The molecule has 1 atom stereocenters. The summed E-state index contributed by atoms with van der Waals surface area (Å²) in [7, 11) is -3.61. The van der Waals surface area contributed by atoms with Crippen LogP contribution in [0.15, 0.2) is 24.3 Å². The van der Waals surface area contributed by atoms with Crippen molar-refractivity contribution in [3.05, 3.63) is 29.3 Å². The van der Waals surface area contributed by atoms with Gasteiger partial charge in [-0.2, -0.15) is 0 Å². The van der Waals surface area contributed by atoms with Gasteiger partial charge in [0.1, 0.15) is 6.04 Å². The number of carbonyl (C=O) groups excluding carboxylic acids is 1. The van der Waals surface area contributed by atoms with Crippen molar-refractivity contribution in [3.63, 3.8) is 0 Å². The molecule has 146 valence electrons. The SMILES string of the molecule is CC[C@@H](C(=O)NCCN1CCCCC1)N(c1ccc(Cl)cc1)S(C)(=O)=O. The van der Waals surface area contributed by atoms with Crippen LogP contribution in [0, 0.1) is 0 Å². The summed E-state index contributed by atoms with van der Waals surface area (Å²) in [6.07, 6.45) is 5.16. The predicted molar refractivity (Wildman–Crippen MR) is 106 cm³/mol. The molecule has 1 amide bonds. The van der Waals surface area contributed by atoms with E-state index >= 15 is 0 Å². The minimum absolute atomic E-state index is 0.273. The lowest BCUT2D eigenvalue weighted by Gasteiger charge is -2.31. The third kappa shape index (κ3) is 5.86. The topological polar surface area (TPSA) is 69.7 Å². The summed E-state index contributed by atoms with van der Waals surface area (Å²) in [4.78, 5) is 15.0. The second kappa shape index (κ2) is 9.58. The zero-order chi connectivity index (χ0) is 19.2. The van der Waals surface area contributed by atoms with Crippen molar-refractivity contribution in [2.45, 2.75) is 38.6 Å². The van der Waals surface area contributed by atoms with Gasteiger partial charge in [0.2, 0.25) is 15.9 Å². The maximum absolute atomic E-state index is 12.7. The lowest BCUT2D eigenvalue weighted by atomic mass is 10.1. The molecule has 1 aromatic carbocycles. The van der Waals surface area contributed by atoms with Crippen LogP contribution >= 0.6 is 11.6 Å². The van der Waals surface area contributed by atoms with Crippen LogP contribution in [-0.2, 0) is 14.8 Å². The minimum Gasteiger partial charge on any atom is -0.353 e. The first-order valence-corrected chi connectivity index (χ1v) is 11.3. The molecule has 0 unspecified atom stereocenters. The standard InChI is InChI=1S/C18H28ClN3O3S/c1-3-17(18(23)20-11-14-21-12-5-4-6-13-21)22(26(2,24)25)16-9-7-15(19)8-10-16/h7-10,17H,3-6,11-14H2,1-2H3,(H,20,23)/t17-/m0/s1. The first-order chi connectivity index (χ1) is 12.3. The summed E-state index contributed by atoms with van der Waals surface area (Å²) in [5.74, 6) is -0.273. The molecule has 0 aliphatic carbocycles. The fourth-order valence-electron chi connectivity index (χ4n) is 3.29. The van der Waals surface area contributed by atoms with E-state index in [-0.39, 0.29) is 5.91 Å². The number of hydrogen-bond donors (Lipinski definition) is 1. The van der Waals surface area contributed by atoms with E-state index in [1.807, 2.05) is 6.92 Å². The largest absolute Gasteiger partial charge is 0.353 e.